The van der Waals surface area contributed by atoms with Crippen LogP contribution in [0.4, 0.5) is 0 Å². The van der Waals surface area contributed by atoms with Gasteiger partial charge in [-0.3, -0.25) is 4.79 Å². The summed E-state index contributed by atoms with van der Waals surface area (Å²) in [6.45, 7) is 3.31. The third-order valence-electron chi connectivity index (χ3n) is 2.77. The van der Waals surface area contributed by atoms with Crippen LogP contribution >= 0.6 is 0 Å². The van der Waals surface area contributed by atoms with Crippen molar-refractivity contribution in [2.45, 2.75) is 58.3 Å². The van der Waals surface area contributed by atoms with E-state index < -0.39 is 5.97 Å². The number of aliphatic hydroxyl groups excluding tert-OH is 1. The first-order valence-electron chi connectivity index (χ1n) is 7.46. The fraction of sp³-hybridized carbons (Fsp3) is 0.933. The van der Waals surface area contributed by atoms with Gasteiger partial charge < -0.3 is 14.7 Å². The number of carboxylic acid groups (broad SMARTS) is 1. The molecule has 2 N–H and O–H groups in total. The Bertz CT molecular complexity index is 200. The summed E-state index contributed by atoms with van der Waals surface area (Å²) in [7, 11) is 6.16. The highest BCUT2D eigenvalue weighted by atomic mass is 16.4. The number of quaternary nitrogens is 1. The van der Waals surface area contributed by atoms with Crippen molar-refractivity contribution in [3.8, 4) is 0 Å². The van der Waals surface area contributed by atoms with Crippen molar-refractivity contribution in [1.82, 2.24) is 0 Å². The van der Waals surface area contributed by atoms with Gasteiger partial charge in [-0.15, -0.1) is 0 Å². The standard InChI is InChI=1S/C10H20O2.C5H14NO/c1-2-3-4-5-6-7-8-9-10(11)12;1-6(2,3)4-5-7/h2-9H2,1H3,(H,11,12);7H,4-5H2,1-3H3/q;+1. The second-order valence-corrected chi connectivity index (χ2v) is 6.00. The van der Waals surface area contributed by atoms with E-state index in [1.54, 1.807) is 0 Å². The number of carboxylic acids is 1. The first-order chi connectivity index (χ1) is 8.83. The van der Waals surface area contributed by atoms with E-state index in [9.17, 15) is 4.79 Å². The molecule has 0 radical (unpaired) electrons. The first-order valence-corrected chi connectivity index (χ1v) is 7.46. The van der Waals surface area contributed by atoms with E-state index in [4.69, 9.17) is 10.2 Å². The molecule has 0 aliphatic rings. The quantitative estimate of drug-likeness (QED) is 0.476. The number of rotatable bonds is 10. The molecular weight excluding hydrogens is 242 g/mol. The summed E-state index contributed by atoms with van der Waals surface area (Å²) in [6.07, 6.45) is 8.64. The Balaban J connectivity index is 0. The molecule has 0 fully saturated rings. The van der Waals surface area contributed by atoms with Gasteiger partial charge in [0.05, 0.1) is 27.7 Å². The number of hydrogen-bond donors (Lipinski definition) is 2. The average molecular weight is 276 g/mol. The minimum atomic E-state index is -0.663. The molecule has 0 saturated carbocycles. The highest BCUT2D eigenvalue weighted by Gasteiger charge is 2.02. The predicted molar refractivity (Wildman–Crippen MR) is 80.2 cm³/mol. The van der Waals surface area contributed by atoms with Crippen LogP contribution in [0.15, 0.2) is 0 Å². The molecule has 4 heteroatoms. The Kier molecular flexibility index (Phi) is 15.1. The van der Waals surface area contributed by atoms with Gasteiger partial charge in [-0.1, -0.05) is 45.4 Å². The maximum Gasteiger partial charge on any atom is 0.303 e. The van der Waals surface area contributed by atoms with Gasteiger partial charge in [0.2, 0.25) is 0 Å². The number of aliphatic carboxylic acids is 1. The Morgan fingerprint density at radius 2 is 1.42 bits per heavy atom. The zero-order valence-corrected chi connectivity index (χ0v) is 13.3. The summed E-state index contributed by atoms with van der Waals surface area (Å²) < 4.78 is 0.844. The molecule has 0 aliphatic carbocycles. The topological polar surface area (TPSA) is 57.5 Å². The van der Waals surface area contributed by atoms with Crippen LogP contribution in [0.2, 0.25) is 0 Å². The highest BCUT2D eigenvalue weighted by molar-refractivity contribution is 5.66. The maximum atomic E-state index is 10.1. The van der Waals surface area contributed by atoms with Gasteiger partial charge in [0.15, 0.2) is 0 Å². The number of unbranched alkanes of at least 4 members (excludes halogenated alkanes) is 6. The number of aliphatic hydroxyl groups is 1. The van der Waals surface area contributed by atoms with E-state index in [1.165, 1.54) is 32.1 Å². The molecule has 0 heterocycles. The van der Waals surface area contributed by atoms with Crippen LogP contribution in [-0.2, 0) is 4.79 Å². The van der Waals surface area contributed by atoms with Crippen LogP contribution in [0.1, 0.15) is 58.3 Å². The van der Waals surface area contributed by atoms with E-state index in [2.05, 4.69) is 28.1 Å². The molecule has 0 amide bonds. The molecule has 0 atom stereocenters. The summed E-state index contributed by atoms with van der Waals surface area (Å²) in [5, 5.41) is 16.7. The van der Waals surface area contributed by atoms with Gasteiger partial charge in [-0.25, -0.2) is 0 Å². The van der Waals surface area contributed by atoms with Crippen molar-refractivity contribution in [3.05, 3.63) is 0 Å². The first kappa shape index (κ1) is 20.7. The van der Waals surface area contributed by atoms with Crippen molar-refractivity contribution in [2.24, 2.45) is 0 Å². The van der Waals surface area contributed by atoms with E-state index >= 15 is 0 Å². The van der Waals surface area contributed by atoms with Crippen molar-refractivity contribution < 1.29 is 19.5 Å². The molecule has 0 aromatic carbocycles. The van der Waals surface area contributed by atoms with Crippen molar-refractivity contribution in [1.29, 1.82) is 0 Å². The molecule has 0 aromatic heterocycles. The fourth-order valence-electron chi connectivity index (χ4n) is 1.53. The maximum absolute atomic E-state index is 10.1. The van der Waals surface area contributed by atoms with Crippen LogP contribution in [0.25, 0.3) is 0 Å². The van der Waals surface area contributed by atoms with Crippen LogP contribution in [0.5, 0.6) is 0 Å². The summed E-state index contributed by atoms with van der Waals surface area (Å²) >= 11 is 0. The molecule has 4 nitrogen and oxygen atoms in total. The zero-order valence-electron chi connectivity index (χ0n) is 13.3. The molecule has 0 aliphatic heterocycles. The number of likely N-dealkylation sites (N-methyl/N-ethyl adjacent to an activating group) is 1. The lowest BCUT2D eigenvalue weighted by Gasteiger charge is -2.21. The molecule has 0 saturated heterocycles. The van der Waals surface area contributed by atoms with Gasteiger partial charge >= 0.3 is 5.97 Å². The highest BCUT2D eigenvalue weighted by Crippen LogP contribution is 2.07. The molecule has 0 rings (SSSR count). The Hall–Kier alpha value is -0.610. The van der Waals surface area contributed by atoms with Crippen LogP contribution in [0.3, 0.4) is 0 Å². The third kappa shape index (κ3) is 26.8. The summed E-state index contributed by atoms with van der Waals surface area (Å²) in [6, 6.07) is 0. The minimum absolute atomic E-state index is 0.281. The van der Waals surface area contributed by atoms with Gasteiger partial charge in [0, 0.05) is 6.42 Å². The minimum Gasteiger partial charge on any atom is -0.481 e. The van der Waals surface area contributed by atoms with Crippen molar-refractivity contribution in [3.63, 3.8) is 0 Å². The normalized spacial score (nSPS) is 10.8. The van der Waals surface area contributed by atoms with Crippen molar-refractivity contribution in [2.75, 3.05) is 34.3 Å². The Morgan fingerprint density at radius 1 is 0.947 bits per heavy atom. The van der Waals surface area contributed by atoms with Crippen LogP contribution in [0, 0.1) is 0 Å². The Labute approximate surface area is 119 Å². The van der Waals surface area contributed by atoms with Gasteiger partial charge in [0.1, 0.15) is 6.54 Å². The molecular formula is C15H34NO3+. The predicted octanol–water partition coefficient (Wildman–Crippen LogP) is 2.90. The average Bonchev–Trinajstić information content (AvgIpc) is 2.27. The van der Waals surface area contributed by atoms with Gasteiger partial charge in [-0.05, 0) is 6.42 Å². The summed E-state index contributed by atoms with van der Waals surface area (Å²) in [5.74, 6) is -0.663. The third-order valence-corrected chi connectivity index (χ3v) is 2.77. The second kappa shape index (κ2) is 13.8. The number of hydrogen-bond acceptors (Lipinski definition) is 2. The molecule has 0 spiro atoms. The van der Waals surface area contributed by atoms with Gasteiger partial charge in [0.25, 0.3) is 0 Å². The molecule has 116 valence electrons. The lowest BCUT2D eigenvalue weighted by Crippen LogP contribution is -2.36. The van der Waals surface area contributed by atoms with Gasteiger partial charge in [-0.2, -0.15) is 0 Å². The van der Waals surface area contributed by atoms with Crippen LogP contribution in [-0.4, -0.2) is 55.0 Å². The molecule has 19 heavy (non-hydrogen) atoms. The van der Waals surface area contributed by atoms with E-state index in [0.717, 1.165) is 23.9 Å². The van der Waals surface area contributed by atoms with Crippen molar-refractivity contribution >= 4 is 5.97 Å². The lowest BCUT2D eigenvalue weighted by atomic mass is 10.1. The SMILES string of the molecule is CCCCCCCCCC(=O)O.C[N+](C)(C)CCO. The second-order valence-electron chi connectivity index (χ2n) is 6.00. The van der Waals surface area contributed by atoms with E-state index in [0.29, 0.717) is 6.42 Å². The number of carbonyl (C=O) groups is 1. The summed E-state index contributed by atoms with van der Waals surface area (Å²) in [5.41, 5.74) is 0. The molecule has 0 bridgehead atoms. The fourth-order valence-corrected chi connectivity index (χ4v) is 1.53. The van der Waals surface area contributed by atoms with E-state index in [1.807, 2.05) is 0 Å². The molecule has 0 unspecified atom stereocenters. The monoisotopic (exact) mass is 276 g/mol. The molecule has 0 aromatic rings. The zero-order chi connectivity index (χ0) is 15.1. The summed E-state index contributed by atoms with van der Waals surface area (Å²) in [4.78, 5) is 10.1. The van der Waals surface area contributed by atoms with E-state index in [-0.39, 0.29) is 6.61 Å². The lowest BCUT2D eigenvalue weighted by molar-refractivity contribution is -0.870. The number of nitrogens with zero attached hydrogens (tertiary/aromatic N) is 1. The largest absolute Gasteiger partial charge is 0.481 e. The Morgan fingerprint density at radius 3 is 1.74 bits per heavy atom. The van der Waals surface area contributed by atoms with Crippen LogP contribution < -0.4 is 0 Å². The smallest absolute Gasteiger partial charge is 0.303 e.